The van der Waals surface area contributed by atoms with Crippen molar-refractivity contribution in [2.24, 2.45) is 7.05 Å². The molecule has 0 saturated carbocycles. The molecule has 0 spiro atoms. The van der Waals surface area contributed by atoms with Crippen LogP contribution >= 0.6 is 0 Å². The van der Waals surface area contributed by atoms with Crippen molar-refractivity contribution in [2.75, 3.05) is 17.7 Å². The number of hydrogen-bond acceptors (Lipinski definition) is 6. The average molecular weight is 275 g/mol. The minimum atomic E-state index is -0.447. The Morgan fingerprint density at radius 1 is 1.55 bits per heavy atom. The molecule has 0 saturated heterocycles. The molecule has 7 nitrogen and oxygen atoms in total. The molecule has 0 aromatic carbocycles. The lowest BCUT2D eigenvalue weighted by atomic mass is 10.2. The van der Waals surface area contributed by atoms with Crippen LogP contribution < -0.4 is 11.1 Å². The second-order valence-electron chi connectivity index (χ2n) is 4.22. The molecule has 0 radical (unpaired) electrons. The molecule has 3 N–H and O–H groups in total. The van der Waals surface area contributed by atoms with Crippen LogP contribution in [0.15, 0.2) is 24.7 Å². The third-order valence-corrected chi connectivity index (χ3v) is 2.70. The summed E-state index contributed by atoms with van der Waals surface area (Å²) in [5.74, 6) is 0.0104. The smallest absolute Gasteiger partial charge is 0.340 e. The molecule has 0 unspecified atom stereocenters. The van der Waals surface area contributed by atoms with Gasteiger partial charge < -0.3 is 15.8 Å². The fourth-order valence-corrected chi connectivity index (χ4v) is 1.75. The van der Waals surface area contributed by atoms with E-state index in [1.165, 1.54) is 6.20 Å². The Morgan fingerprint density at radius 2 is 2.35 bits per heavy atom. The predicted octanol–water partition coefficient (Wildman–Crippen LogP) is 1.19. The van der Waals surface area contributed by atoms with Crippen molar-refractivity contribution in [3.05, 3.63) is 35.8 Å². The third-order valence-electron chi connectivity index (χ3n) is 2.70. The molecule has 0 aliphatic carbocycles. The number of nitrogens with two attached hydrogens (primary N) is 1. The van der Waals surface area contributed by atoms with E-state index in [0.29, 0.717) is 24.5 Å². The van der Waals surface area contributed by atoms with Gasteiger partial charge in [-0.25, -0.2) is 9.78 Å². The normalized spacial score (nSPS) is 10.3. The van der Waals surface area contributed by atoms with Crippen LogP contribution in [-0.4, -0.2) is 27.3 Å². The van der Waals surface area contributed by atoms with Crippen LogP contribution in [0.4, 0.5) is 11.5 Å². The van der Waals surface area contributed by atoms with E-state index < -0.39 is 5.97 Å². The first-order valence-corrected chi connectivity index (χ1v) is 6.24. The number of ether oxygens (including phenoxy) is 1. The van der Waals surface area contributed by atoms with Gasteiger partial charge in [0.05, 0.1) is 24.1 Å². The van der Waals surface area contributed by atoms with E-state index in [1.807, 2.05) is 13.2 Å². The number of carbonyl (C=O) groups is 1. The van der Waals surface area contributed by atoms with Crippen LogP contribution in [0.1, 0.15) is 22.8 Å². The highest BCUT2D eigenvalue weighted by Crippen LogP contribution is 2.21. The topological polar surface area (TPSA) is 95.1 Å². The van der Waals surface area contributed by atoms with Crippen LogP contribution in [0.25, 0.3) is 0 Å². The van der Waals surface area contributed by atoms with Gasteiger partial charge in [0.25, 0.3) is 0 Å². The maximum absolute atomic E-state index is 11.7. The van der Waals surface area contributed by atoms with Crippen molar-refractivity contribution in [3.8, 4) is 0 Å². The van der Waals surface area contributed by atoms with E-state index in [1.54, 1.807) is 23.9 Å². The highest BCUT2D eigenvalue weighted by Gasteiger charge is 2.14. The van der Waals surface area contributed by atoms with Gasteiger partial charge in [0.15, 0.2) is 0 Å². The maximum atomic E-state index is 11.7. The molecule has 0 bridgehead atoms. The molecule has 0 amide bonds. The average Bonchev–Trinajstić information content (AvgIpc) is 2.83. The van der Waals surface area contributed by atoms with Gasteiger partial charge in [0.1, 0.15) is 5.82 Å². The lowest BCUT2D eigenvalue weighted by molar-refractivity contribution is 0.0527. The molecule has 20 heavy (non-hydrogen) atoms. The minimum absolute atomic E-state index is 0.287. The number of rotatable bonds is 5. The summed E-state index contributed by atoms with van der Waals surface area (Å²) in [5, 5.41) is 7.16. The van der Waals surface area contributed by atoms with Crippen molar-refractivity contribution < 1.29 is 9.53 Å². The third kappa shape index (κ3) is 3.05. The molecule has 0 aliphatic rings. The fourth-order valence-electron chi connectivity index (χ4n) is 1.75. The monoisotopic (exact) mass is 275 g/mol. The Morgan fingerprint density at radius 3 is 3.00 bits per heavy atom. The zero-order valence-corrected chi connectivity index (χ0v) is 11.5. The highest BCUT2D eigenvalue weighted by atomic mass is 16.5. The molecular formula is C13H17N5O2. The first-order valence-electron chi connectivity index (χ1n) is 6.24. The molecule has 2 rings (SSSR count). The van der Waals surface area contributed by atoms with E-state index in [9.17, 15) is 4.79 Å². The second kappa shape index (κ2) is 6.05. The van der Waals surface area contributed by atoms with Crippen molar-refractivity contribution in [3.63, 3.8) is 0 Å². The molecular weight excluding hydrogens is 258 g/mol. The van der Waals surface area contributed by atoms with Crippen LogP contribution in [0.2, 0.25) is 0 Å². The number of hydrogen-bond donors (Lipinski definition) is 2. The van der Waals surface area contributed by atoms with Gasteiger partial charge in [-0.3, -0.25) is 4.68 Å². The Balaban J connectivity index is 2.12. The van der Waals surface area contributed by atoms with Gasteiger partial charge >= 0.3 is 5.97 Å². The van der Waals surface area contributed by atoms with E-state index in [2.05, 4.69) is 15.4 Å². The number of aromatic nitrogens is 3. The summed E-state index contributed by atoms with van der Waals surface area (Å²) < 4.78 is 6.65. The van der Waals surface area contributed by atoms with Crippen molar-refractivity contribution in [1.29, 1.82) is 0 Å². The standard InChI is InChI=1S/C13H17N5O2/c1-3-20-13(19)10-4-5-15-12(11(10)14)16-6-9-7-17-18(2)8-9/h4-5,7-8H,3,6,14H2,1-2H3,(H,15,16). The van der Waals surface area contributed by atoms with E-state index in [-0.39, 0.29) is 5.69 Å². The Kier molecular flexibility index (Phi) is 4.19. The molecule has 2 heterocycles. The number of aryl methyl sites for hydroxylation is 1. The van der Waals surface area contributed by atoms with Crippen molar-refractivity contribution in [2.45, 2.75) is 13.5 Å². The van der Waals surface area contributed by atoms with E-state index >= 15 is 0 Å². The quantitative estimate of drug-likeness (QED) is 0.796. The number of esters is 1. The lowest BCUT2D eigenvalue weighted by Crippen LogP contribution is -2.11. The number of nitrogen functional groups attached to an aromatic ring is 1. The Bertz CT molecular complexity index is 609. The summed E-state index contributed by atoms with van der Waals surface area (Å²) in [7, 11) is 1.84. The summed E-state index contributed by atoms with van der Waals surface area (Å²) in [6.07, 6.45) is 5.16. The zero-order chi connectivity index (χ0) is 14.5. The Hall–Kier alpha value is -2.57. The summed E-state index contributed by atoms with van der Waals surface area (Å²) in [6, 6.07) is 1.54. The first kappa shape index (κ1) is 13.9. The largest absolute Gasteiger partial charge is 0.462 e. The molecule has 2 aromatic heterocycles. The molecule has 0 atom stereocenters. The van der Waals surface area contributed by atoms with Gasteiger partial charge in [0.2, 0.25) is 0 Å². The van der Waals surface area contributed by atoms with Crippen LogP contribution in [0, 0.1) is 0 Å². The summed E-state index contributed by atoms with van der Waals surface area (Å²) >= 11 is 0. The summed E-state index contributed by atoms with van der Waals surface area (Å²) in [5.41, 5.74) is 7.54. The summed E-state index contributed by atoms with van der Waals surface area (Å²) in [6.45, 7) is 2.58. The molecule has 2 aromatic rings. The number of anilines is 2. The molecule has 106 valence electrons. The first-order chi connectivity index (χ1) is 9.61. The van der Waals surface area contributed by atoms with E-state index in [0.717, 1.165) is 5.56 Å². The van der Waals surface area contributed by atoms with Gasteiger partial charge in [-0.05, 0) is 13.0 Å². The fraction of sp³-hybridized carbons (Fsp3) is 0.308. The number of nitrogens with zero attached hydrogens (tertiary/aromatic N) is 3. The molecule has 0 fully saturated rings. The van der Waals surface area contributed by atoms with Crippen molar-refractivity contribution >= 4 is 17.5 Å². The number of pyridine rings is 1. The summed E-state index contributed by atoms with van der Waals surface area (Å²) in [4.78, 5) is 15.9. The number of carbonyl (C=O) groups excluding carboxylic acids is 1. The molecule has 0 aliphatic heterocycles. The van der Waals surface area contributed by atoms with Gasteiger partial charge in [-0.1, -0.05) is 0 Å². The van der Waals surface area contributed by atoms with Crippen molar-refractivity contribution in [1.82, 2.24) is 14.8 Å². The van der Waals surface area contributed by atoms with E-state index in [4.69, 9.17) is 10.5 Å². The van der Waals surface area contributed by atoms with Gasteiger partial charge in [0, 0.05) is 31.5 Å². The van der Waals surface area contributed by atoms with Crippen LogP contribution in [0.5, 0.6) is 0 Å². The maximum Gasteiger partial charge on any atom is 0.340 e. The van der Waals surface area contributed by atoms with Gasteiger partial charge in [-0.2, -0.15) is 5.10 Å². The highest BCUT2D eigenvalue weighted by molar-refractivity contribution is 5.97. The number of nitrogens with one attached hydrogen (secondary N) is 1. The molecule has 7 heteroatoms. The van der Waals surface area contributed by atoms with Crippen LogP contribution in [-0.2, 0) is 18.3 Å². The van der Waals surface area contributed by atoms with Crippen LogP contribution in [0.3, 0.4) is 0 Å². The Labute approximate surface area is 116 Å². The predicted molar refractivity (Wildman–Crippen MR) is 75.1 cm³/mol. The second-order valence-corrected chi connectivity index (χ2v) is 4.22. The SMILES string of the molecule is CCOC(=O)c1ccnc(NCc2cnn(C)c2)c1N. The minimum Gasteiger partial charge on any atom is -0.462 e. The van der Waals surface area contributed by atoms with Gasteiger partial charge in [-0.15, -0.1) is 0 Å². The lowest BCUT2D eigenvalue weighted by Gasteiger charge is -2.10. The zero-order valence-electron chi connectivity index (χ0n) is 11.5.